The Balaban J connectivity index is 3.83. The van der Waals surface area contributed by atoms with Gasteiger partial charge in [-0.05, 0) is 19.8 Å². The van der Waals surface area contributed by atoms with E-state index in [4.69, 9.17) is 5.73 Å². The van der Waals surface area contributed by atoms with Crippen LogP contribution in [0.5, 0.6) is 0 Å². The molecule has 68 valence electrons. The Hall–Kier alpha value is 0.310. The number of rotatable bonds is 4. The van der Waals surface area contributed by atoms with Crippen molar-refractivity contribution in [3.8, 4) is 0 Å². The summed E-state index contributed by atoms with van der Waals surface area (Å²) in [5.74, 6) is 0.742. The molecule has 0 aliphatic carbocycles. The summed E-state index contributed by atoms with van der Waals surface area (Å²) in [4.78, 5) is 0. The van der Waals surface area contributed by atoms with E-state index in [0.717, 1.165) is 12.5 Å². The Morgan fingerprint density at radius 3 is 2.00 bits per heavy atom. The van der Waals surface area contributed by atoms with Crippen molar-refractivity contribution in [2.24, 2.45) is 11.7 Å². The van der Waals surface area contributed by atoms with Crippen LogP contribution in [0.15, 0.2) is 0 Å². The Labute approximate surface area is 75.1 Å². The van der Waals surface area contributed by atoms with Gasteiger partial charge in [0.15, 0.2) is 0 Å². The van der Waals surface area contributed by atoms with Crippen LogP contribution in [0.3, 0.4) is 0 Å². The maximum absolute atomic E-state index is 5.63. The summed E-state index contributed by atoms with van der Waals surface area (Å²) in [5, 5.41) is 0.702. The number of thioether (sulfide) groups is 1. The van der Waals surface area contributed by atoms with Gasteiger partial charge in [0.2, 0.25) is 0 Å². The van der Waals surface area contributed by atoms with Crippen molar-refractivity contribution in [3.63, 3.8) is 0 Å². The van der Waals surface area contributed by atoms with Crippen molar-refractivity contribution in [1.29, 1.82) is 0 Å². The number of nitrogens with two attached hydrogens (primary N) is 1. The van der Waals surface area contributed by atoms with E-state index in [0.29, 0.717) is 5.25 Å². The normalized spacial score (nSPS) is 15.5. The topological polar surface area (TPSA) is 26.0 Å². The van der Waals surface area contributed by atoms with Crippen LogP contribution in [0.1, 0.15) is 34.6 Å². The fraction of sp³-hybridized carbons (Fsp3) is 1.00. The van der Waals surface area contributed by atoms with Gasteiger partial charge in [-0.25, -0.2) is 0 Å². The zero-order chi connectivity index (χ0) is 9.07. The Bertz CT molecular complexity index is 110. The molecule has 0 aromatic carbocycles. The van der Waals surface area contributed by atoms with Crippen molar-refractivity contribution in [1.82, 2.24) is 0 Å². The summed E-state index contributed by atoms with van der Waals surface area (Å²) >= 11 is 1.98. The molecular weight excluding hydrogens is 154 g/mol. The lowest BCUT2D eigenvalue weighted by molar-refractivity contribution is 0.626. The molecule has 0 rings (SSSR count). The van der Waals surface area contributed by atoms with Gasteiger partial charge in [0.1, 0.15) is 0 Å². The Morgan fingerprint density at radius 1 is 1.27 bits per heavy atom. The standard InChI is InChI=1S/C9H21NS/c1-7(2)8(3)11-9(4,5)6-10/h7-8H,6,10H2,1-5H3. The van der Waals surface area contributed by atoms with E-state index in [1.165, 1.54) is 0 Å². The van der Waals surface area contributed by atoms with Crippen LogP contribution in [0, 0.1) is 5.92 Å². The summed E-state index contributed by atoms with van der Waals surface area (Å²) in [5.41, 5.74) is 5.63. The third kappa shape index (κ3) is 4.70. The maximum atomic E-state index is 5.63. The van der Waals surface area contributed by atoms with Crippen LogP contribution in [-0.4, -0.2) is 16.5 Å². The molecule has 0 saturated carbocycles. The second kappa shape index (κ2) is 4.36. The summed E-state index contributed by atoms with van der Waals surface area (Å²) in [6, 6.07) is 0. The highest BCUT2D eigenvalue weighted by atomic mass is 32.2. The molecule has 0 radical (unpaired) electrons. The highest BCUT2D eigenvalue weighted by Gasteiger charge is 2.21. The predicted octanol–water partition coefficient (Wildman–Crippen LogP) is 2.50. The summed E-state index contributed by atoms with van der Waals surface area (Å²) < 4.78 is 0.240. The molecule has 1 nitrogen and oxygen atoms in total. The van der Waals surface area contributed by atoms with E-state index in [9.17, 15) is 0 Å². The minimum atomic E-state index is 0.240. The van der Waals surface area contributed by atoms with Crippen molar-refractivity contribution in [2.45, 2.75) is 44.6 Å². The van der Waals surface area contributed by atoms with Gasteiger partial charge in [0.25, 0.3) is 0 Å². The predicted molar refractivity (Wildman–Crippen MR) is 55.0 cm³/mol. The van der Waals surface area contributed by atoms with Gasteiger partial charge in [-0.1, -0.05) is 20.8 Å². The molecule has 0 heterocycles. The highest BCUT2D eigenvalue weighted by molar-refractivity contribution is 8.01. The van der Waals surface area contributed by atoms with E-state index >= 15 is 0 Å². The van der Waals surface area contributed by atoms with Crippen LogP contribution >= 0.6 is 11.8 Å². The molecule has 11 heavy (non-hydrogen) atoms. The second-order valence-corrected chi connectivity index (χ2v) is 6.12. The molecule has 0 fully saturated rings. The van der Waals surface area contributed by atoms with Gasteiger partial charge < -0.3 is 5.73 Å². The molecule has 0 bridgehead atoms. The third-order valence-corrected chi connectivity index (χ3v) is 3.66. The van der Waals surface area contributed by atoms with Crippen LogP contribution in [-0.2, 0) is 0 Å². The lowest BCUT2D eigenvalue weighted by Crippen LogP contribution is -2.30. The SMILES string of the molecule is CC(C)C(C)SC(C)(C)CN. The molecule has 2 heteroatoms. The quantitative estimate of drug-likeness (QED) is 0.710. The summed E-state index contributed by atoms with van der Waals surface area (Å²) in [6.45, 7) is 11.9. The minimum Gasteiger partial charge on any atom is -0.329 e. The Kier molecular flexibility index (Phi) is 4.49. The van der Waals surface area contributed by atoms with Crippen LogP contribution in [0.4, 0.5) is 0 Å². The van der Waals surface area contributed by atoms with Crippen LogP contribution < -0.4 is 5.73 Å². The summed E-state index contributed by atoms with van der Waals surface area (Å²) in [7, 11) is 0. The van der Waals surface area contributed by atoms with Gasteiger partial charge in [-0.3, -0.25) is 0 Å². The number of hydrogen-bond acceptors (Lipinski definition) is 2. The molecule has 0 aromatic heterocycles. The maximum Gasteiger partial charge on any atom is 0.0228 e. The van der Waals surface area contributed by atoms with Crippen LogP contribution in [0.25, 0.3) is 0 Å². The van der Waals surface area contributed by atoms with E-state index in [2.05, 4.69) is 34.6 Å². The zero-order valence-corrected chi connectivity index (χ0v) is 9.16. The first-order valence-corrected chi connectivity index (χ1v) is 5.15. The monoisotopic (exact) mass is 175 g/mol. The average Bonchev–Trinajstić information content (AvgIpc) is 1.87. The van der Waals surface area contributed by atoms with Crippen molar-refractivity contribution in [3.05, 3.63) is 0 Å². The van der Waals surface area contributed by atoms with E-state index in [-0.39, 0.29) is 4.75 Å². The van der Waals surface area contributed by atoms with Gasteiger partial charge in [-0.2, -0.15) is 11.8 Å². The van der Waals surface area contributed by atoms with Gasteiger partial charge in [0.05, 0.1) is 0 Å². The first-order valence-electron chi connectivity index (χ1n) is 4.27. The summed E-state index contributed by atoms with van der Waals surface area (Å²) in [6.07, 6.45) is 0. The lowest BCUT2D eigenvalue weighted by Gasteiger charge is -2.27. The van der Waals surface area contributed by atoms with Gasteiger partial charge >= 0.3 is 0 Å². The molecule has 0 amide bonds. The van der Waals surface area contributed by atoms with Crippen LogP contribution in [0.2, 0.25) is 0 Å². The van der Waals surface area contributed by atoms with E-state index in [1.54, 1.807) is 0 Å². The molecule has 0 aromatic rings. The second-order valence-electron chi connectivity index (χ2n) is 4.03. The molecule has 2 N–H and O–H groups in total. The van der Waals surface area contributed by atoms with Crippen molar-refractivity contribution in [2.75, 3.05) is 6.54 Å². The Morgan fingerprint density at radius 2 is 1.73 bits per heavy atom. The third-order valence-electron chi connectivity index (χ3n) is 1.94. The molecule has 0 saturated heterocycles. The first-order chi connectivity index (χ1) is 4.89. The van der Waals surface area contributed by atoms with Crippen molar-refractivity contribution < 1.29 is 0 Å². The minimum absolute atomic E-state index is 0.240. The fourth-order valence-electron chi connectivity index (χ4n) is 0.687. The smallest absolute Gasteiger partial charge is 0.0228 e. The molecule has 1 unspecified atom stereocenters. The largest absolute Gasteiger partial charge is 0.329 e. The van der Waals surface area contributed by atoms with Gasteiger partial charge in [-0.15, -0.1) is 0 Å². The molecule has 0 aliphatic rings. The van der Waals surface area contributed by atoms with E-state index in [1.807, 2.05) is 11.8 Å². The highest BCUT2D eigenvalue weighted by Crippen LogP contribution is 2.31. The molecule has 0 spiro atoms. The van der Waals surface area contributed by atoms with Gasteiger partial charge in [0, 0.05) is 16.5 Å². The first kappa shape index (κ1) is 11.3. The molecule has 1 atom stereocenters. The average molecular weight is 175 g/mol. The zero-order valence-electron chi connectivity index (χ0n) is 8.35. The van der Waals surface area contributed by atoms with E-state index < -0.39 is 0 Å². The van der Waals surface area contributed by atoms with Crippen molar-refractivity contribution >= 4 is 11.8 Å². The fourth-order valence-corrected chi connectivity index (χ4v) is 2.06. The number of hydrogen-bond donors (Lipinski definition) is 1. The molecule has 0 aliphatic heterocycles. The lowest BCUT2D eigenvalue weighted by atomic mass is 10.1. The molecular formula is C9H21NS.